The van der Waals surface area contributed by atoms with Gasteiger partial charge in [-0.1, -0.05) is 13.0 Å². The molecule has 0 unspecified atom stereocenters. The van der Waals surface area contributed by atoms with Gasteiger partial charge in [-0.2, -0.15) is 0 Å². The van der Waals surface area contributed by atoms with Gasteiger partial charge in [-0.25, -0.2) is 13.1 Å². The summed E-state index contributed by atoms with van der Waals surface area (Å²) in [6.45, 7) is 3.20. The Kier molecular flexibility index (Phi) is 5.78. The molecule has 1 aromatic rings. The van der Waals surface area contributed by atoms with Crippen molar-refractivity contribution >= 4 is 15.7 Å². The van der Waals surface area contributed by atoms with E-state index in [1.165, 1.54) is 6.07 Å². The second kappa shape index (κ2) is 6.88. The van der Waals surface area contributed by atoms with Gasteiger partial charge in [0, 0.05) is 12.2 Å². The molecule has 5 nitrogen and oxygen atoms in total. The number of nitrogens with one attached hydrogen (secondary N) is 1. The third-order valence-electron chi connectivity index (χ3n) is 2.84. The van der Waals surface area contributed by atoms with Gasteiger partial charge in [0.05, 0.1) is 4.90 Å². The molecule has 3 N–H and O–H groups in total. The maximum atomic E-state index is 12.2. The molecule has 0 radical (unpaired) electrons. The Hall–Kier alpha value is -1.11. The Morgan fingerprint density at radius 2 is 2.00 bits per heavy atom. The van der Waals surface area contributed by atoms with Crippen LogP contribution >= 0.6 is 0 Å². The van der Waals surface area contributed by atoms with Gasteiger partial charge in [0.15, 0.2) is 0 Å². The lowest BCUT2D eigenvalue weighted by Gasteiger charge is -2.13. The Morgan fingerprint density at radius 3 is 2.58 bits per heavy atom. The first-order valence-electron chi connectivity index (χ1n) is 6.39. The van der Waals surface area contributed by atoms with E-state index in [0.29, 0.717) is 23.5 Å². The fourth-order valence-electron chi connectivity index (χ4n) is 1.79. The molecule has 0 saturated carbocycles. The second-order valence-electron chi connectivity index (χ2n) is 4.78. The van der Waals surface area contributed by atoms with Crippen molar-refractivity contribution in [1.82, 2.24) is 9.62 Å². The molecule has 0 heterocycles. The average Bonchev–Trinajstić information content (AvgIpc) is 2.34. The normalized spacial score (nSPS) is 12.0. The predicted octanol–water partition coefficient (Wildman–Crippen LogP) is 1.06. The van der Waals surface area contributed by atoms with Crippen LogP contribution in [0.5, 0.6) is 0 Å². The predicted molar refractivity (Wildman–Crippen MR) is 78.6 cm³/mol. The minimum Gasteiger partial charge on any atom is -0.399 e. The summed E-state index contributed by atoms with van der Waals surface area (Å²) in [5, 5.41) is 0. The SMILES string of the molecule is CCc1ccc(N)cc1S(=O)(=O)NCCCN(C)C. The van der Waals surface area contributed by atoms with Crippen molar-refractivity contribution < 1.29 is 8.42 Å². The lowest BCUT2D eigenvalue weighted by atomic mass is 10.1. The highest BCUT2D eigenvalue weighted by atomic mass is 32.2. The third-order valence-corrected chi connectivity index (χ3v) is 4.38. The zero-order chi connectivity index (χ0) is 14.5. The second-order valence-corrected chi connectivity index (χ2v) is 6.51. The van der Waals surface area contributed by atoms with Crippen molar-refractivity contribution in [2.45, 2.75) is 24.7 Å². The van der Waals surface area contributed by atoms with Gasteiger partial charge in [-0.15, -0.1) is 0 Å². The van der Waals surface area contributed by atoms with E-state index >= 15 is 0 Å². The first-order valence-corrected chi connectivity index (χ1v) is 7.88. The van der Waals surface area contributed by atoms with Crippen molar-refractivity contribution in [1.29, 1.82) is 0 Å². The molecule has 0 aliphatic rings. The summed E-state index contributed by atoms with van der Waals surface area (Å²) in [5.74, 6) is 0. The van der Waals surface area contributed by atoms with Crippen LogP contribution in [0.2, 0.25) is 0 Å². The number of nitrogens with zero attached hydrogens (tertiary/aromatic N) is 1. The number of hydrogen-bond acceptors (Lipinski definition) is 4. The summed E-state index contributed by atoms with van der Waals surface area (Å²) in [4.78, 5) is 2.31. The van der Waals surface area contributed by atoms with Crippen LogP contribution in [0.4, 0.5) is 5.69 Å². The molecule has 0 aliphatic carbocycles. The van der Waals surface area contributed by atoms with Crippen LogP contribution < -0.4 is 10.5 Å². The zero-order valence-corrected chi connectivity index (χ0v) is 12.6. The minimum absolute atomic E-state index is 0.292. The van der Waals surface area contributed by atoms with Gasteiger partial charge in [-0.3, -0.25) is 0 Å². The molecule has 0 aliphatic heterocycles. The molecule has 0 bridgehead atoms. The first-order chi connectivity index (χ1) is 8.86. The summed E-state index contributed by atoms with van der Waals surface area (Å²) in [5.41, 5.74) is 6.92. The maximum absolute atomic E-state index is 12.2. The number of nitrogen functional groups attached to an aromatic ring is 1. The molecule has 6 heteroatoms. The van der Waals surface area contributed by atoms with E-state index in [9.17, 15) is 8.42 Å². The first kappa shape index (κ1) is 15.9. The number of anilines is 1. The van der Waals surface area contributed by atoms with Crippen molar-refractivity contribution in [2.24, 2.45) is 0 Å². The number of benzene rings is 1. The van der Waals surface area contributed by atoms with E-state index in [0.717, 1.165) is 18.5 Å². The zero-order valence-electron chi connectivity index (χ0n) is 11.8. The van der Waals surface area contributed by atoms with E-state index in [-0.39, 0.29) is 0 Å². The van der Waals surface area contributed by atoms with Crippen LogP contribution in [0.3, 0.4) is 0 Å². The smallest absolute Gasteiger partial charge is 0.240 e. The number of hydrogen-bond donors (Lipinski definition) is 2. The maximum Gasteiger partial charge on any atom is 0.240 e. The molecular weight excluding hydrogens is 262 g/mol. The molecule has 0 atom stereocenters. The standard InChI is InChI=1S/C13H23N3O2S/c1-4-11-6-7-12(14)10-13(11)19(17,18)15-8-5-9-16(2)3/h6-7,10,15H,4-5,8-9,14H2,1-3H3. The van der Waals surface area contributed by atoms with E-state index in [1.54, 1.807) is 12.1 Å². The summed E-state index contributed by atoms with van der Waals surface area (Å²) in [6.07, 6.45) is 1.43. The molecule has 0 spiro atoms. The largest absolute Gasteiger partial charge is 0.399 e. The summed E-state index contributed by atoms with van der Waals surface area (Å²) in [6, 6.07) is 5.01. The Balaban J connectivity index is 2.79. The van der Waals surface area contributed by atoms with Crippen molar-refractivity contribution in [3.63, 3.8) is 0 Å². The van der Waals surface area contributed by atoms with Gasteiger partial charge >= 0.3 is 0 Å². The molecular formula is C13H23N3O2S. The highest BCUT2D eigenvalue weighted by Gasteiger charge is 2.17. The molecule has 0 amide bonds. The highest BCUT2D eigenvalue weighted by Crippen LogP contribution is 2.19. The quantitative estimate of drug-likeness (QED) is 0.580. The average molecular weight is 285 g/mol. The monoisotopic (exact) mass is 285 g/mol. The van der Waals surface area contributed by atoms with Crippen LogP contribution in [0.25, 0.3) is 0 Å². The molecule has 0 saturated heterocycles. The highest BCUT2D eigenvalue weighted by molar-refractivity contribution is 7.89. The molecule has 19 heavy (non-hydrogen) atoms. The summed E-state index contributed by atoms with van der Waals surface area (Å²) in [7, 11) is 0.448. The number of aryl methyl sites for hydroxylation is 1. The molecule has 0 aromatic heterocycles. The Labute approximate surface area is 115 Å². The van der Waals surface area contributed by atoms with E-state index in [2.05, 4.69) is 4.72 Å². The van der Waals surface area contributed by atoms with Gasteiger partial charge in [0.25, 0.3) is 0 Å². The van der Waals surface area contributed by atoms with E-state index in [4.69, 9.17) is 5.73 Å². The van der Waals surface area contributed by atoms with Crippen LogP contribution in [0.15, 0.2) is 23.1 Å². The molecule has 108 valence electrons. The van der Waals surface area contributed by atoms with Gasteiger partial charge in [-0.05, 0) is 51.2 Å². The number of rotatable bonds is 7. The summed E-state index contributed by atoms with van der Waals surface area (Å²) >= 11 is 0. The fraction of sp³-hybridized carbons (Fsp3) is 0.538. The lowest BCUT2D eigenvalue weighted by Crippen LogP contribution is -2.28. The van der Waals surface area contributed by atoms with Gasteiger partial charge in [0.2, 0.25) is 10.0 Å². The Bertz CT molecular complexity index is 513. The van der Waals surface area contributed by atoms with Crippen LogP contribution in [-0.4, -0.2) is 40.5 Å². The van der Waals surface area contributed by atoms with Gasteiger partial charge in [0.1, 0.15) is 0 Å². The topological polar surface area (TPSA) is 75.4 Å². The Morgan fingerprint density at radius 1 is 1.32 bits per heavy atom. The van der Waals surface area contributed by atoms with Crippen LogP contribution in [-0.2, 0) is 16.4 Å². The van der Waals surface area contributed by atoms with Crippen molar-refractivity contribution in [3.8, 4) is 0 Å². The van der Waals surface area contributed by atoms with Crippen LogP contribution in [0, 0.1) is 0 Å². The van der Waals surface area contributed by atoms with Crippen molar-refractivity contribution in [2.75, 3.05) is 32.9 Å². The lowest BCUT2D eigenvalue weighted by molar-refractivity contribution is 0.400. The number of nitrogens with two attached hydrogens (primary N) is 1. The van der Waals surface area contributed by atoms with Crippen molar-refractivity contribution in [3.05, 3.63) is 23.8 Å². The van der Waals surface area contributed by atoms with E-state index in [1.807, 2.05) is 25.9 Å². The third kappa shape index (κ3) is 4.81. The fourth-order valence-corrected chi connectivity index (χ4v) is 3.21. The van der Waals surface area contributed by atoms with Gasteiger partial charge < -0.3 is 10.6 Å². The van der Waals surface area contributed by atoms with E-state index < -0.39 is 10.0 Å². The molecule has 1 aromatic carbocycles. The molecule has 0 fully saturated rings. The minimum atomic E-state index is -3.47. The number of sulfonamides is 1. The molecule has 1 rings (SSSR count). The summed E-state index contributed by atoms with van der Waals surface area (Å²) < 4.78 is 27.1. The van der Waals surface area contributed by atoms with Crippen LogP contribution in [0.1, 0.15) is 18.9 Å².